The summed E-state index contributed by atoms with van der Waals surface area (Å²) in [7, 11) is 0. The molecule has 1 aromatic carbocycles. The second-order valence-electron chi connectivity index (χ2n) is 2.86. The Morgan fingerprint density at radius 2 is 2.00 bits per heavy atom. The minimum atomic E-state index is 0.606. The topological polar surface area (TPSA) is 0 Å². The van der Waals surface area contributed by atoms with E-state index >= 15 is 0 Å². The van der Waals surface area contributed by atoms with E-state index in [1.165, 1.54) is 0 Å². The average Bonchev–Trinajstić information content (AvgIpc) is 2.12. The summed E-state index contributed by atoms with van der Waals surface area (Å²) in [6, 6.07) is 5.64. The minimum Gasteiger partial charge on any atom is -0.0840 e. The van der Waals surface area contributed by atoms with Gasteiger partial charge in [-0.1, -0.05) is 54.8 Å². The summed E-state index contributed by atoms with van der Waals surface area (Å²) in [5.74, 6) is 0. The van der Waals surface area contributed by atoms with Crippen LogP contribution in [0.1, 0.15) is 25.3 Å². The molecule has 0 aliphatic heterocycles. The first-order valence-electron chi connectivity index (χ1n) is 4.35. The molecule has 2 heteroatoms. The maximum Gasteiger partial charge on any atom is 0.0598 e. The van der Waals surface area contributed by atoms with Crippen LogP contribution in [0.2, 0.25) is 10.0 Å². The molecule has 13 heavy (non-hydrogen) atoms. The quantitative estimate of drug-likeness (QED) is 0.678. The van der Waals surface area contributed by atoms with E-state index in [1.54, 1.807) is 0 Å². The third-order valence-corrected chi connectivity index (χ3v) is 2.45. The summed E-state index contributed by atoms with van der Waals surface area (Å²) in [5.41, 5.74) is 1.10. The van der Waals surface area contributed by atoms with Crippen LogP contribution < -0.4 is 0 Å². The SMILES string of the molecule is CCC/C=C/c1ccc(Cl)c(Cl)c1. The highest BCUT2D eigenvalue weighted by Crippen LogP contribution is 2.23. The van der Waals surface area contributed by atoms with Gasteiger partial charge < -0.3 is 0 Å². The van der Waals surface area contributed by atoms with Crippen LogP contribution in [0.25, 0.3) is 6.08 Å². The molecule has 0 aliphatic rings. The third-order valence-electron chi connectivity index (χ3n) is 1.71. The highest BCUT2D eigenvalue weighted by Gasteiger charge is 1.95. The van der Waals surface area contributed by atoms with E-state index in [-0.39, 0.29) is 0 Å². The number of hydrogen-bond acceptors (Lipinski definition) is 0. The van der Waals surface area contributed by atoms with Crippen molar-refractivity contribution in [3.8, 4) is 0 Å². The molecule has 0 radical (unpaired) electrons. The summed E-state index contributed by atoms with van der Waals surface area (Å²) >= 11 is 11.6. The number of benzene rings is 1. The van der Waals surface area contributed by atoms with Gasteiger partial charge in [-0.3, -0.25) is 0 Å². The molecule has 0 amide bonds. The van der Waals surface area contributed by atoms with Crippen molar-refractivity contribution in [1.82, 2.24) is 0 Å². The van der Waals surface area contributed by atoms with Crippen molar-refractivity contribution in [1.29, 1.82) is 0 Å². The molecule has 0 N–H and O–H groups in total. The molecular formula is C11H12Cl2. The second-order valence-corrected chi connectivity index (χ2v) is 3.68. The van der Waals surface area contributed by atoms with Crippen molar-refractivity contribution in [2.75, 3.05) is 0 Å². The molecule has 0 saturated heterocycles. The first-order chi connectivity index (χ1) is 6.24. The van der Waals surface area contributed by atoms with Gasteiger partial charge in [0.25, 0.3) is 0 Å². The first kappa shape index (κ1) is 10.6. The largest absolute Gasteiger partial charge is 0.0840 e. The maximum atomic E-state index is 5.86. The number of unbranched alkanes of at least 4 members (excludes halogenated alkanes) is 1. The van der Waals surface area contributed by atoms with Gasteiger partial charge >= 0.3 is 0 Å². The average molecular weight is 215 g/mol. The lowest BCUT2D eigenvalue weighted by molar-refractivity contribution is 0.962. The smallest absolute Gasteiger partial charge is 0.0598 e. The molecule has 0 aromatic heterocycles. The van der Waals surface area contributed by atoms with Gasteiger partial charge in [0.2, 0.25) is 0 Å². The molecule has 1 rings (SSSR count). The van der Waals surface area contributed by atoms with Crippen molar-refractivity contribution in [3.63, 3.8) is 0 Å². The number of allylic oxidation sites excluding steroid dienone is 1. The van der Waals surface area contributed by atoms with E-state index in [1.807, 2.05) is 18.2 Å². The van der Waals surface area contributed by atoms with E-state index in [0.29, 0.717) is 10.0 Å². The van der Waals surface area contributed by atoms with Crippen molar-refractivity contribution in [2.45, 2.75) is 19.8 Å². The van der Waals surface area contributed by atoms with Crippen LogP contribution in [0.4, 0.5) is 0 Å². The van der Waals surface area contributed by atoms with Crippen LogP contribution in [-0.2, 0) is 0 Å². The summed E-state index contributed by atoms with van der Waals surface area (Å²) in [5, 5.41) is 1.22. The van der Waals surface area contributed by atoms with Crippen molar-refractivity contribution in [3.05, 3.63) is 39.9 Å². The minimum absolute atomic E-state index is 0.606. The molecule has 0 atom stereocenters. The summed E-state index contributed by atoms with van der Waals surface area (Å²) in [6.07, 6.45) is 6.46. The molecule has 0 heterocycles. The Balaban J connectivity index is 2.73. The fraction of sp³-hybridized carbons (Fsp3) is 0.273. The molecule has 70 valence electrons. The molecule has 0 unspecified atom stereocenters. The summed E-state index contributed by atoms with van der Waals surface area (Å²) < 4.78 is 0. The molecule has 1 aromatic rings. The van der Waals surface area contributed by atoms with Crippen LogP contribution >= 0.6 is 23.2 Å². The highest BCUT2D eigenvalue weighted by atomic mass is 35.5. The molecule has 0 spiro atoms. The van der Waals surface area contributed by atoms with Gasteiger partial charge in [-0.25, -0.2) is 0 Å². The monoisotopic (exact) mass is 214 g/mol. The van der Waals surface area contributed by atoms with Gasteiger partial charge in [0.1, 0.15) is 0 Å². The Morgan fingerprint density at radius 1 is 1.23 bits per heavy atom. The van der Waals surface area contributed by atoms with Crippen molar-refractivity contribution >= 4 is 29.3 Å². The van der Waals surface area contributed by atoms with E-state index in [2.05, 4.69) is 19.1 Å². The van der Waals surface area contributed by atoms with Gasteiger partial charge in [0.15, 0.2) is 0 Å². The summed E-state index contributed by atoms with van der Waals surface area (Å²) in [6.45, 7) is 2.15. The number of hydrogen-bond donors (Lipinski definition) is 0. The predicted molar refractivity (Wildman–Crippen MR) is 60.4 cm³/mol. The van der Waals surface area contributed by atoms with Gasteiger partial charge in [-0.2, -0.15) is 0 Å². The fourth-order valence-electron chi connectivity index (χ4n) is 1.00. The van der Waals surface area contributed by atoms with Crippen molar-refractivity contribution in [2.24, 2.45) is 0 Å². The van der Waals surface area contributed by atoms with Gasteiger partial charge in [0.05, 0.1) is 10.0 Å². The normalized spacial score (nSPS) is 11.0. The van der Waals surface area contributed by atoms with Gasteiger partial charge in [-0.05, 0) is 24.1 Å². The fourth-order valence-corrected chi connectivity index (χ4v) is 1.31. The summed E-state index contributed by atoms with van der Waals surface area (Å²) in [4.78, 5) is 0. The molecule has 0 fully saturated rings. The van der Waals surface area contributed by atoms with Crippen LogP contribution in [0.15, 0.2) is 24.3 Å². The molecule has 0 nitrogen and oxygen atoms in total. The number of rotatable bonds is 3. The van der Waals surface area contributed by atoms with E-state index < -0.39 is 0 Å². The van der Waals surface area contributed by atoms with Gasteiger partial charge in [-0.15, -0.1) is 0 Å². The zero-order chi connectivity index (χ0) is 9.68. The lowest BCUT2D eigenvalue weighted by Gasteiger charge is -1.96. The Morgan fingerprint density at radius 3 is 2.62 bits per heavy atom. The Bertz CT molecular complexity index is 303. The molecule has 0 aliphatic carbocycles. The zero-order valence-corrected chi connectivity index (χ0v) is 9.07. The van der Waals surface area contributed by atoms with Gasteiger partial charge in [0, 0.05) is 0 Å². The molecule has 0 bridgehead atoms. The first-order valence-corrected chi connectivity index (χ1v) is 5.11. The van der Waals surface area contributed by atoms with E-state index in [9.17, 15) is 0 Å². The van der Waals surface area contributed by atoms with Crippen LogP contribution in [0.3, 0.4) is 0 Å². The van der Waals surface area contributed by atoms with Crippen molar-refractivity contribution < 1.29 is 0 Å². The third kappa shape index (κ3) is 3.41. The zero-order valence-electron chi connectivity index (χ0n) is 7.56. The number of halogens is 2. The lowest BCUT2D eigenvalue weighted by Crippen LogP contribution is -1.73. The van der Waals surface area contributed by atoms with Crippen LogP contribution in [0, 0.1) is 0 Å². The molecular weight excluding hydrogens is 203 g/mol. The maximum absolute atomic E-state index is 5.86. The molecule has 0 saturated carbocycles. The van der Waals surface area contributed by atoms with E-state index in [4.69, 9.17) is 23.2 Å². The van der Waals surface area contributed by atoms with Crippen LogP contribution in [0.5, 0.6) is 0 Å². The van der Waals surface area contributed by atoms with Crippen LogP contribution in [-0.4, -0.2) is 0 Å². The second kappa shape index (κ2) is 5.31. The highest BCUT2D eigenvalue weighted by molar-refractivity contribution is 6.42. The Labute approximate surface area is 89.2 Å². The Hall–Kier alpha value is -0.460. The lowest BCUT2D eigenvalue weighted by atomic mass is 10.2. The van der Waals surface area contributed by atoms with E-state index in [0.717, 1.165) is 18.4 Å². The standard InChI is InChI=1S/C11H12Cl2/c1-2-3-4-5-9-6-7-10(12)11(13)8-9/h4-8H,2-3H2,1H3/b5-4+. The Kier molecular flexibility index (Phi) is 4.34. The predicted octanol–water partition coefficient (Wildman–Crippen LogP) is 4.81.